The fourth-order valence-corrected chi connectivity index (χ4v) is 3.26. The van der Waals surface area contributed by atoms with Crippen molar-refractivity contribution in [2.45, 2.75) is 26.4 Å². The first-order valence-electron chi connectivity index (χ1n) is 5.09. The molecule has 1 aliphatic rings. The minimum atomic E-state index is 0.272. The Morgan fingerprint density at radius 2 is 2.29 bits per heavy atom. The molecule has 78 valence electrons. The van der Waals surface area contributed by atoms with Crippen molar-refractivity contribution in [1.29, 1.82) is 0 Å². The molecule has 2 rings (SSSR count). The first-order chi connectivity index (χ1) is 6.74. The van der Waals surface area contributed by atoms with Gasteiger partial charge >= 0.3 is 0 Å². The average molecular weight is 211 g/mol. The van der Waals surface area contributed by atoms with Crippen molar-refractivity contribution in [2.24, 2.45) is 0 Å². The number of hydrogen-bond acceptors (Lipinski definition) is 3. The summed E-state index contributed by atoms with van der Waals surface area (Å²) in [5, 5.41) is 3.19. The second-order valence-electron chi connectivity index (χ2n) is 3.79. The van der Waals surface area contributed by atoms with Crippen molar-refractivity contribution >= 4 is 11.3 Å². The lowest BCUT2D eigenvalue weighted by Gasteiger charge is -2.24. The van der Waals surface area contributed by atoms with Crippen LogP contribution in [0.1, 0.15) is 27.0 Å². The summed E-state index contributed by atoms with van der Waals surface area (Å²) in [5.41, 5.74) is 2.89. The first kappa shape index (κ1) is 10.1. The summed E-state index contributed by atoms with van der Waals surface area (Å²) in [4.78, 5) is 2.98. The van der Waals surface area contributed by atoms with Crippen LogP contribution in [0, 0.1) is 13.8 Å². The van der Waals surface area contributed by atoms with Crippen LogP contribution in [-0.4, -0.2) is 20.2 Å². The molecule has 0 bridgehead atoms. The van der Waals surface area contributed by atoms with E-state index in [1.54, 1.807) is 0 Å². The van der Waals surface area contributed by atoms with Crippen molar-refractivity contribution in [3.05, 3.63) is 20.9 Å². The molecule has 1 aromatic heterocycles. The zero-order valence-electron chi connectivity index (χ0n) is 9.02. The molecule has 0 saturated carbocycles. The molecule has 3 heteroatoms. The molecule has 1 atom stereocenters. The Labute approximate surface area is 89.3 Å². The summed E-state index contributed by atoms with van der Waals surface area (Å²) in [6.07, 6.45) is 1.36. The van der Waals surface area contributed by atoms with Gasteiger partial charge in [0.25, 0.3) is 0 Å². The maximum Gasteiger partial charge on any atom is 0.0962 e. The molecular formula is C11H17NOS. The maximum atomic E-state index is 5.78. The standard InChI is InChI=1S/C11H17NOS/c1-7-8(2)14-10-4-5-13-9(6-12-3)11(7)10/h9,12H,4-6H2,1-3H3/t9-/m1/s1. The SMILES string of the molecule is CNC[C@H]1OCCc2sc(C)c(C)c21. The van der Waals surface area contributed by atoms with E-state index in [0.717, 1.165) is 19.6 Å². The second-order valence-corrected chi connectivity index (χ2v) is 5.10. The number of thiophene rings is 1. The van der Waals surface area contributed by atoms with Gasteiger partial charge in [0, 0.05) is 22.7 Å². The van der Waals surface area contributed by atoms with Crippen molar-refractivity contribution in [3.8, 4) is 0 Å². The molecule has 14 heavy (non-hydrogen) atoms. The summed E-state index contributed by atoms with van der Waals surface area (Å²) in [7, 11) is 1.98. The number of aryl methyl sites for hydroxylation is 1. The summed E-state index contributed by atoms with van der Waals surface area (Å²) in [5.74, 6) is 0. The van der Waals surface area contributed by atoms with Gasteiger partial charge in [0.1, 0.15) is 0 Å². The zero-order chi connectivity index (χ0) is 10.1. The summed E-state index contributed by atoms with van der Waals surface area (Å²) >= 11 is 1.94. The van der Waals surface area contributed by atoms with Gasteiger partial charge in [0.2, 0.25) is 0 Å². The second kappa shape index (κ2) is 4.01. The van der Waals surface area contributed by atoms with Crippen LogP contribution in [-0.2, 0) is 11.2 Å². The highest BCUT2D eigenvalue weighted by atomic mass is 32.1. The van der Waals surface area contributed by atoms with Crippen molar-refractivity contribution in [3.63, 3.8) is 0 Å². The van der Waals surface area contributed by atoms with Gasteiger partial charge in [-0.3, -0.25) is 0 Å². The molecule has 2 nitrogen and oxygen atoms in total. The fourth-order valence-electron chi connectivity index (χ4n) is 2.05. The van der Waals surface area contributed by atoms with Gasteiger partial charge < -0.3 is 10.1 Å². The van der Waals surface area contributed by atoms with E-state index in [9.17, 15) is 0 Å². The fraction of sp³-hybridized carbons (Fsp3) is 0.636. The third kappa shape index (κ3) is 1.60. The molecule has 2 heterocycles. The van der Waals surface area contributed by atoms with Crippen molar-refractivity contribution in [1.82, 2.24) is 5.32 Å². The quantitative estimate of drug-likeness (QED) is 0.809. The van der Waals surface area contributed by atoms with E-state index < -0.39 is 0 Å². The molecule has 0 aliphatic carbocycles. The average Bonchev–Trinajstić information content (AvgIpc) is 2.45. The lowest BCUT2D eigenvalue weighted by Crippen LogP contribution is -2.24. The van der Waals surface area contributed by atoms with Gasteiger partial charge in [-0.25, -0.2) is 0 Å². The van der Waals surface area contributed by atoms with Crippen LogP contribution in [0.4, 0.5) is 0 Å². The summed E-state index contributed by atoms with van der Waals surface area (Å²) in [6.45, 7) is 6.21. The normalized spacial score (nSPS) is 20.9. The molecule has 1 N–H and O–H groups in total. The van der Waals surface area contributed by atoms with E-state index in [1.165, 1.54) is 20.9 Å². The Hall–Kier alpha value is -0.380. The number of rotatable bonds is 2. The third-order valence-electron chi connectivity index (χ3n) is 2.87. The number of nitrogens with one attached hydrogen (secondary N) is 1. The molecular weight excluding hydrogens is 194 g/mol. The zero-order valence-corrected chi connectivity index (χ0v) is 9.83. The lowest BCUT2D eigenvalue weighted by atomic mass is 10.0. The third-order valence-corrected chi connectivity index (χ3v) is 4.15. The predicted molar refractivity (Wildman–Crippen MR) is 60.1 cm³/mol. The van der Waals surface area contributed by atoms with Crippen molar-refractivity contribution in [2.75, 3.05) is 20.2 Å². The summed E-state index contributed by atoms with van der Waals surface area (Å²) in [6, 6.07) is 0. The molecule has 1 aromatic rings. The Morgan fingerprint density at radius 1 is 1.50 bits per heavy atom. The van der Waals surface area contributed by atoms with Crippen LogP contribution >= 0.6 is 11.3 Å². The first-order valence-corrected chi connectivity index (χ1v) is 5.90. The monoisotopic (exact) mass is 211 g/mol. The van der Waals surface area contributed by atoms with E-state index >= 15 is 0 Å². The Kier molecular flexibility index (Phi) is 2.91. The van der Waals surface area contributed by atoms with Crippen LogP contribution < -0.4 is 5.32 Å². The van der Waals surface area contributed by atoms with E-state index in [0.29, 0.717) is 0 Å². The largest absolute Gasteiger partial charge is 0.372 e. The predicted octanol–water partition coefficient (Wildman–Crippen LogP) is 2.20. The van der Waals surface area contributed by atoms with Crippen LogP contribution in [0.25, 0.3) is 0 Å². The molecule has 1 aliphatic heterocycles. The number of hydrogen-bond donors (Lipinski definition) is 1. The molecule has 0 spiro atoms. The minimum absolute atomic E-state index is 0.272. The van der Waals surface area contributed by atoms with E-state index in [1.807, 2.05) is 18.4 Å². The molecule has 0 aromatic carbocycles. The van der Waals surface area contributed by atoms with Gasteiger partial charge in [-0.05, 0) is 32.0 Å². The molecule has 0 fully saturated rings. The molecule has 0 unspecified atom stereocenters. The Morgan fingerprint density at radius 3 is 3.00 bits per heavy atom. The smallest absolute Gasteiger partial charge is 0.0962 e. The minimum Gasteiger partial charge on any atom is -0.372 e. The number of fused-ring (bicyclic) bond motifs is 1. The number of ether oxygens (including phenoxy) is 1. The van der Waals surface area contributed by atoms with Crippen LogP contribution in [0.15, 0.2) is 0 Å². The summed E-state index contributed by atoms with van der Waals surface area (Å²) < 4.78 is 5.78. The van der Waals surface area contributed by atoms with E-state index in [-0.39, 0.29) is 6.10 Å². The van der Waals surface area contributed by atoms with Crippen LogP contribution in [0.3, 0.4) is 0 Å². The molecule has 0 saturated heterocycles. The molecule has 0 radical (unpaired) electrons. The highest BCUT2D eigenvalue weighted by molar-refractivity contribution is 7.12. The Bertz CT molecular complexity index is 332. The van der Waals surface area contributed by atoms with Gasteiger partial charge in [0.15, 0.2) is 0 Å². The van der Waals surface area contributed by atoms with Crippen molar-refractivity contribution < 1.29 is 4.74 Å². The van der Waals surface area contributed by atoms with Crippen LogP contribution in [0.2, 0.25) is 0 Å². The van der Waals surface area contributed by atoms with Gasteiger partial charge in [-0.2, -0.15) is 0 Å². The Balaban J connectivity index is 2.36. The maximum absolute atomic E-state index is 5.78. The highest BCUT2D eigenvalue weighted by Crippen LogP contribution is 2.36. The van der Waals surface area contributed by atoms with Crippen LogP contribution in [0.5, 0.6) is 0 Å². The lowest BCUT2D eigenvalue weighted by molar-refractivity contribution is 0.0446. The van der Waals surface area contributed by atoms with E-state index in [4.69, 9.17) is 4.74 Å². The molecule has 0 amide bonds. The van der Waals surface area contributed by atoms with Gasteiger partial charge in [-0.1, -0.05) is 0 Å². The highest BCUT2D eigenvalue weighted by Gasteiger charge is 2.25. The van der Waals surface area contributed by atoms with Gasteiger partial charge in [0.05, 0.1) is 12.7 Å². The van der Waals surface area contributed by atoms with E-state index in [2.05, 4.69) is 19.2 Å². The topological polar surface area (TPSA) is 21.3 Å². The number of likely N-dealkylation sites (N-methyl/N-ethyl adjacent to an activating group) is 1. The van der Waals surface area contributed by atoms with Gasteiger partial charge in [-0.15, -0.1) is 11.3 Å².